The molecule has 4 heterocycles. The second-order valence-corrected chi connectivity index (χ2v) is 12.4. The molecule has 0 fully saturated rings. The van der Waals surface area contributed by atoms with E-state index in [1.165, 1.54) is 22.7 Å². The minimum Gasteiger partial charge on any atom is -0.288 e. The number of carbonyl (C=O) groups excluding carboxylic acids is 2. The van der Waals surface area contributed by atoms with Crippen molar-refractivity contribution in [1.29, 1.82) is 5.26 Å². The van der Waals surface area contributed by atoms with E-state index in [9.17, 15) is 9.59 Å². The molecule has 180 valence electrons. The molecule has 0 spiro atoms. The lowest BCUT2D eigenvalue weighted by Gasteiger charge is -1.93. The maximum absolute atomic E-state index is 12.8. The van der Waals surface area contributed by atoms with Crippen LogP contribution in [0.5, 0.6) is 0 Å². The van der Waals surface area contributed by atoms with Crippen LogP contribution in [0.3, 0.4) is 0 Å². The number of rotatable bonds is 5. The Morgan fingerprint density at radius 1 is 0.737 bits per heavy atom. The molecule has 0 aliphatic heterocycles. The molecular formula is C30H14N2O2S4. The molecule has 6 rings (SSSR count). The Morgan fingerprint density at radius 3 is 1.68 bits per heavy atom. The molecular weight excluding hydrogens is 549 g/mol. The van der Waals surface area contributed by atoms with Gasteiger partial charge in [-0.15, -0.1) is 45.3 Å². The first-order chi connectivity index (χ1) is 19.4. The highest BCUT2D eigenvalue weighted by Gasteiger charge is 2.32. The van der Waals surface area contributed by atoms with Crippen LogP contribution in [0.1, 0.15) is 33.2 Å². The molecule has 5 aromatic rings. The van der Waals surface area contributed by atoms with Gasteiger partial charge in [0.1, 0.15) is 0 Å². The first-order valence-corrected chi connectivity index (χ1v) is 14.4. The molecule has 0 unspecified atom stereocenters. The van der Waals surface area contributed by atoms with E-state index in [2.05, 4.69) is 10.9 Å². The average Bonchev–Trinajstić information content (AvgIpc) is 3.79. The zero-order chi connectivity index (χ0) is 28.0. The monoisotopic (exact) mass is 564 g/mol. The van der Waals surface area contributed by atoms with Crippen molar-refractivity contribution in [2.45, 2.75) is 0 Å². The zero-order valence-corrected chi connectivity index (χ0v) is 22.5. The van der Waals surface area contributed by atoms with Crippen LogP contribution in [0, 0.1) is 17.9 Å². The molecule has 4 aromatic heterocycles. The number of ketones is 2. The highest BCUT2D eigenvalue weighted by Crippen LogP contribution is 2.43. The molecule has 0 saturated carbocycles. The molecule has 0 bridgehead atoms. The highest BCUT2D eigenvalue weighted by atomic mass is 32.1. The van der Waals surface area contributed by atoms with Crippen LogP contribution < -0.4 is 0 Å². The van der Waals surface area contributed by atoms with Gasteiger partial charge in [-0.25, -0.2) is 10.1 Å². The Morgan fingerprint density at radius 2 is 1.18 bits per heavy atom. The summed E-state index contributed by atoms with van der Waals surface area (Å²) in [5, 5.41) is 9.06. The summed E-state index contributed by atoms with van der Waals surface area (Å²) in [5.74, 6) is -0.783. The maximum atomic E-state index is 12.8. The number of allylic oxidation sites excluding steroid dienone is 2. The zero-order valence-electron chi connectivity index (χ0n) is 21.3. The fraction of sp³-hybridized carbons (Fsp3) is 0. The summed E-state index contributed by atoms with van der Waals surface area (Å²) >= 11 is 6.01. The van der Waals surface area contributed by atoms with Crippen molar-refractivity contribution in [3.63, 3.8) is 0 Å². The number of benzene rings is 1. The minimum absolute atomic E-state index is 0.0404. The van der Waals surface area contributed by atoms with Crippen molar-refractivity contribution in [1.82, 2.24) is 0 Å². The van der Waals surface area contributed by atoms with E-state index >= 15 is 0 Å². The summed E-state index contributed by atoms with van der Waals surface area (Å²) in [4.78, 5) is 36.1. The molecule has 1 aliphatic carbocycles. The summed E-state index contributed by atoms with van der Waals surface area (Å²) in [6.07, 6.45) is 0. The third kappa shape index (κ3) is 4.41. The number of hydrogen-bond acceptors (Lipinski definition) is 7. The topological polar surface area (TPSA) is 62.3 Å². The first-order valence-electron chi connectivity index (χ1n) is 12.2. The summed E-state index contributed by atoms with van der Waals surface area (Å²) in [6, 6.07) is 23.9. The molecule has 0 atom stereocenters. The summed E-state index contributed by atoms with van der Waals surface area (Å²) in [6.45, 7) is 7.07. The number of Topliss-reactive ketones (excluding diaryl/α,β-unsaturated/α-hetero) is 2. The van der Waals surface area contributed by atoms with Gasteiger partial charge in [-0.1, -0.05) is 24.3 Å². The summed E-state index contributed by atoms with van der Waals surface area (Å²) in [7, 11) is 0. The van der Waals surface area contributed by atoms with Crippen LogP contribution in [0.2, 0.25) is 0 Å². The van der Waals surface area contributed by atoms with E-state index in [1.54, 1.807) is 65.1 Å². The van der Waals surface area contributed by atoms with Gasteiger partial charge in [0.2, 0.25) is 0 Å². The number of nitriles is 1. The van der Waals surface area contributed by atoms with Gasteiger partial charge < -0.3 is 0 Å². The van der Waals surface area contributed by atoms with Crippen LogP contribution >= 0.6 is 45.3 Å². The van der Waals surface area contributed by atoms with Crippen LogP contribution in [-0.2, 0) is 0 Å². The smallest absolute Gasteiger partial charge is 0.263 e. The number of thiophene rings is 4. The lowest BCUT2D eigenvalue weighted by Crippen LogP contribution is -1.99. The predicted molar refractivity (Wildman–Crippen MR) is 158 cm³/mol. The van der Waals surface area contributed by atoms with E-state index in [4.69, 9.17) is 14.6 Å². The molecule has 0 radical (unpaired) electrons. The average molecular weight is 565 g/mol. The van der Waals surface area contributed by atoms with Gasteiger partial charge in [0.25, 0.3) is 5.70 Å². The van der Waals surface area contributed by atoms with Crippen molar-refractivity contribution in [2.75, 3.05) is 0 Å². The normalized spacial score (nSPS) is 13.9. The molecule has 4 nitrogen and oxygen atoms in total. The standard InChI is InChI=1S/C30H14N2O2S4/c1-32-17(16-31)14-18-6-8-23(35-18)25-10-12-27(37-25)28-13-11-26(38-28)24-9-7-19(36-24)15-22-29(33)20-4-2-3-5-21(20)30(22)34/h2-15H/b17-14+/i14D,15D. The van der Waals surface area contributed by atoms with Gasteiger partial charge in [-0.2, -0.15) is 0 Å². The molecule has 0 amide bonds. The van der Waals surface area contributed by atoms with Crippen molar-refractivity contribution in [3.05, 3.63) is 116 Å². The van der Waals surface area contributed by atoms with E-state index in [-0.39, 0.29) is 23.4 Å². The van der Waals surface area contributed by atoms with Crippen molar-refractivity contribution < 1.29 is 12.3 Å². The fourth-order valence-corrected chi connectivity index (χ4v) is 8.07. The Bertz CT molecular complexity index is 1950. The summed E-state index contributed by atoms with van der Waals surface area (Å²) < 4.78 is 16.7. The third-order valence-corrected chi connectivity index (χ3v) is 10.5. The maximum Gasteiger partial charge on any atom is 0.263 e. The minimum atomic E-state index is -0.391. The number of nitrogens with zero attached hydrogens (tertiary/aromatic N) is 2. The van der Waals surface area contributed by atoms with Gasteiger partial charge in [-0.3, -0.25) is 9.59 Å². The van der Waals surface area contributed by atoms with Gasteiger partial charge >= 0.3 is 0 Å². The largest absolute Gasteiger partial charge is 0.288 e. The van der Waals surface area contributed by atoms with Gasteiger partial charge in [0.15, 0.2) is 11.6 Å². The number of fused-ring (bicyclic) bond motifs is 1. The number of carbonyl (C=O) groups is 2. The first kappa shape index (κ1) is 21.9. The van der Waals surface area contributed by atoms with Gasteiger partial charge in [0, 0.05) is 50.1 Å². The van der Waals surface area contributed by atoms with E-state index in [0.29, 0.717) is 20.9 Å². The van der Waals surface area contributed by atoms with Gasteiger partial charge in [0.05, 0.1) is 21.0 Å². The predicted octanol–water partition coefficient (Wildman–Crippen LogP) is 9.18. The van der Waals surface area contributed by atoms with Crippen molar-refractivity contribution in [2.24, 2.45) is 0 Å². The van der Waals surface area contributed by atoms with E-state index in [1.807, 2.05) is 30.3 Å². The Kier molecular flexibility index (Phi) is 5.72. The van der Waals surface area contributed by atoms with E-state index < -0.39 is 11.6 Å². The Labute approximate surface area is 237 Å². The van der Waals surface area contributed by atoms with Crippen LogP contribution in [0.15, 0.2) is 84.1 Å². The van der Waals surface area contributed by atoms with Crippen LogP contribution in [0.25, 0.3) is 46.2 Å². The lowest BCUT2D eigenvalue weighted by molar-refractivity contribution is 0.0990. The Hall–Kier alpha value is -4.18. The molecule has 0 N–H and O–H groups in total. The van der Waals surface area contributed by atoms with Gasteiger partial charge in [-0.05, 0) is 60.6 Å². The third-order valence-electron chi connectivity index (χ3n) is 5.73. The molecule has 38 heavy (non-hydrogen) atoms. The van der Waals surface area contributed by atoms with Crippen LogP contribution in [0.4, 0.5) is 0 Å². The lowest BCUT2D eigenvalue weighted by atomic mass is 10.1. The second kappa shape index (κ2) is 9.94. The molecule has 8 heteroatoms. The highest BCUT2D eigenvalue weighted by molar-refractivity contribution is 7.28. The van der Waals surface area contributed by atoms with Crippen molar-refractivity contribution in [3.8, 4) is 35.3 Å². The summed E-state index contributed by atoms with van der Waals surface area (Å²) in [5.41, 5.74) is 0.416. The Balaban J connectivity index is 1.24. The quantitative estimate of drug-likeness (QED) is 0.0925. The molecule has 1 aliphatic rings. The molecule has 0 saturated heterocycles. The second-order valence-electron chi connectivity index (χ2n) is 8.06. The fourth-order valence-electron chi connectivity index (χ4n) is 3.97. The molecule has 1 aromatic carbocycles. The SMILES string of the molecule is [2H]C(=C1C(=O)c2ccccc2C1=O)c1ccc(-c2ccc(-c3ccc(-c4ccc(/C([2H])=C(\C#N)[N+]#[C-])s4)s3)s2)s1. The van der Waals surface area contributed by atoms with Crippen LogP contribution in [-0.4, -0.2) is 11.6 Å². The number of hydrogen-bond donors (Lipinski definition) is 0. The van der Waals surface area contributed by atoms with Crippen molar-refractivity contribution >= 4 is 69.0 Å². The van der Waals surface area contributed by atoms with E-state index in [0.717, 1.165) is 29.3 Å².